The number of amides is 1. The topological polar surface area (TPSA) is 81.8 Å². The maximum atomic E-state index is 12.3. The molecule has 3 saturated heterocycles. The zero-order valence-electron chi connectivity index (χ0n) is 18.4. The van der Waals surface area contributed by atoms with E-state index in [1.165, 1.54) is 5.69 Å². The number of ether oxygens (including phenoxy) is 2. The van der Waals surface area contributed by atoms with Gasteiger partial charge in [0.25, 0.3) is 0 Å². The highest BCUT2D eigenvalue weighted by Gasteiger charge is 2.42. The Morgan fingerprint density at radius 1 is 1.28 bits per heavy atom. The number of benzene rings is 1. The van der Waals surface area contributed by atoms with E-state index in [9.17, 15) is 4.79 Å². The molecule has 32 heavy (non-hydrogen) atoms. The van der Waals surface area contributed by atoms with Gasteiger partial charge in [0.15, 0.2) is 5.76 Å². The monoisotopic (exact) mass is 436 g/mol. The van der Waals surface area contributed by atoms with Gasteiger partial charge in [-0.1, -0.05) is 0 Å². The molecule has 3 fully saturated rings. The molecule has 1 aromatic carbocycles. The van der Waals surface area contributed by atoms with Crippen molar-refractivity contribution in [3.05, 3.63) is 54.4 Å². The van der Waals surface area contributed by atoms with Gasteiger partial charge < -0.3 is 13.9 Å². The van der Waals surface area contributed by atoms with Gasteiger partial charge in [-0.15, -0.1) is 0 Å². The lowest BCUT2D eigenvalue weighted by Gasteiger charge is -2.49. The largest absolute Gasteiger partial charge is 0.497 e. The van der Waals surface area contributed by atoms with E-state index >= 15 is 0 Å². The number of carbonyl (C=O) groups is 1. The quantitative estimate of drug-likeness (QED) is 0.626. The van der Waals surface area contributed by atoms with E-state index < -0.39 is 6.09 Å². The molecule has 4 unspecified atom stereocenters. The summed E-state index contributed by atoms with van der Waals surface area (Å²) in [6, 6.07) is 13.4. The van der Waals surface area contributed by atoms with Crippen molar-refractivity contribution in [2.45, 2.75) is 24.8 Å². The smallest absolute Gasteiger partial charge is 0.411 e. The molecule has 8 nitrogen and oxygen atoms in total. The maximum Gasteiger partial charge on any atom is 0.411 e. The third-order valence-electron chi connectivity index (χ3n) is 6.69. The Hall–Kier alpha value is -3.26. The fourth-order valence-electron chi connectivity index (χ4n) is 5.02. The molecule has 4 atom stereocenters. The number of rotatable bonds is 6. The average molecular weight is 437 g/mol. The fraction of sp³-hybridized carbons (Fsp3) is 0.417. The van der Waals surface area contributed by atoms with E-state index in [1.54, 1.807) is 37.6 Å². The van der Waals surface area contributed by atoms with Crippen molar-refractivity contribution >= 4 is 11.8 Å². The molecule has 3 aliphatic rings. The number of hydrogen-bond acceptors (Lipinski definition) is 6. The SMILES string of the molecule is COc1ccc(NC(=O)OCC2CC3CCN2CC3c2cc(-c3ccco3)nn2C)cc1. The number of carbonyl (C=O) groups excluding carboxylic acids is 1. The first-order chi connectivity index (χ1) is 15.6. The number of aryl methyl sites for hydroxylation is 1. The molecule has 3 aromatic rings. The molecule has 8 heteroatoms. The number of anilines is 1. The van der Waals surface area contributed by atoms with Crippen molar-refractivity contribution in [1.29, 1.82) is 0 Å². The van der Waals surface area contributed by atoms with Gasteiger partial charge in [0.05, 0.1) is 13.4 Å². The van der Waals surface area contributed by atoms with Crippen LogP contribution in [0.2, 0.25) is 0 Å². The van der Waals surface area contributed by atoms with Crippen LogP contribution in [0.5, 0.6) is 5.75 Å². The van der Waals surface area contributed by atoms with Crippen LogP contribution in [0.25, 0.3) is 11.5 Å². The van der Waals surface area contributed by atoms with E-state index in [0.717, 1.165) is 43.1 Å². The Kier molecular flexibility index (Phi) is 5.61. The standard InChI is InChI=1S/C24H28N4O4/c1-27-22(13-21(26-27)23-4-3-11-31-23)20-14-28-10-9-16(20)12-18(28)15-32-24(29)25-17-5-7-19(30-2)8-6-17/h3-8,11,13,16,18,20H,9-10,12,14-15H2,1-2H3,(H,25,29). The Bertz CT molecular complexity index is 1060. The highest BCUT2D eigenvalue weighted by Crippen LogP contribution is 2.42. The van der Waals surface area contributed by atoms with Gasteiger partial charge >= 0.3 is 6.09 Å². The van der Waals surface area contributed by atoms with Crippen LogP contribution < -0.4 is 10.1 Å². The summed E-state index contributed by atoms with van der Waals surface area (Å²) in [5.41, 5.74) is 2.80. The lowest BCUT2D eigenvalue weighted by Crippen LogP contribution is -2.54. The average Bonchev–Trinajstić information content (AvgIpc) is 3.48. The molecule has 1 N–H and O–H groups in total. The van der Waals surface area contributed by atoms with E-state index in [-0.39, 0.29) is 6.04 Å². The summed E-state index contributed by atoms with van der Waals surface area (Å²) in [5, 5.41) is 7.44. The van der Waals surface area contributed by atoms with Gasteiger partial charge in [-0.2, -0.15) is 5.10 Å². The minimum absolute atomic E-state index is 0.254. The number of nitrogens with one attached hydrogen (secondary N) is 1. The summed E-state index contributed by atoms with van der Waals surface area (Å²) in [4.78, 5) is 14.7. The van der Waals surface area contributed by atoms with Gasteiger partial charge in [-0.3, -0.25) is 14.9 Å². The Labute approximate surface area is 187 Å². The second-order valence-electron chi connectivity index (χ2n) is 8.55. The Morgan fingerprint density at radius 3 is 2.81 bits per heavy atom. The number of piperidine rings is 3. The third kappa shape index (κ3) is 4.10. The highest BCUT2D eigenvalue weighted by molar-refractivity contribution is 5.84. The molecule has 2 aromatic heterocycles. The minimum Gasteiger partial charge on any atom is -0.497 e. The highest BCUT2D eigenvalue weighted by atomic mass is 16.5. The predicted molar refractivity (Wildman–Crippen MR) is 120 cm³/mol. The van der Waals surface area contributed by atoms with Crippen LogP contribution in [0.1, 0.15) is 24.5 Å². The van der Waals surface area contributed by atoms with Crippen molar-refractivity contribution in [3.8, 4) is 17.2 Å². The number of furan rings is 1. The molecular weight excluding hydrogens is 408 g/mol. The number of fused-ring (bicyclic) bond motifs is 3. The zero-order valence-corrected chi connectivity index (χ0v) is 18.4. The number of nitrogens with zero attached hydrogens (tertiary/aromatic N) is 3. The molecule has 3 aliphatic heterocycles. The summed E-state index contributed by atoms with van der Waals surface area (Å²) >= 11 is 0. The van der Waals surface area contributed by atoms with E-state index in [1.807, 2.05) is 23.9 Å². The molecule has 0 aliphatic carbocycles. The van der Waals surface area contributed by atoms with Gasteiger partial charge in [-0.25, -0.2) is 4.79 Å². The van der Waals surface area contributed by atoms with Crippen molar-refractivity contribution in [2.75, 3.05) is 32.1 Å². The maximum absolute atomic E-state index is 12.3. The molecule has 2 bridgehead atoms. The third-order valence-corrected chi connectivity index (χ3v) is 6.69. The van der Waals surface area contributed by atoms with Crippen LogP contribution >= 0.6 is 0 Å². The summed E-state index contributed by atoms with van der Waals surface area (Å²) in [5.74, 6) is 2.52. The van der Waals surface area contributed by atoms with Gasteiger partial charge in [0, 0.05) is 36.9 Å². The van der Waals surface area contributed by atoms with Gasteiger partial charge in [0.1, 0.15) is 18.1 Å². The van der Waals surface area contributed by atoms with E-state index in [4.69, 9.17) is 13.9 Å². The van der Waals surface area contributed by atoms with Crippen LogP contribution in [0.15, 0.2) is 53.1 Å². The molecule has 0 spiro atoms. The number of aromatic nitrogens is 2. The molecule has 0 saturated carbocycles. The Morgan fingerprint density at radius 2 is 2.12 bits per heavy atom. The van der Waals surface area contributed by atoms with Crippen LogP contribution in [0, 0.1) is 5.92 Å². The van der Waals surface area contributed by atoms with Crippen LogP contribution in [0.3, 0.4) is 0 Å². The summed E-state index contributed by atoms with van der Waals surface area (Å²) in [6.45, 7) is 2.39. The van der Waals surface area contributed by atoms with Crippen molar-refractivity contribution in [2.24, 2.45) is 13.0 Å². The summed E-state index contributed by atoms with van der Waals surface area (Å²) < 4.78 is 18.2. The normalized spacial score (nSPS) is 24.3. The molecule has 6 rings (SSSR count). The van der Waals surface area contributed by atoms with E-state index in [0.29, 0.717) is 24.1 Å². The summed E-state index contributed by atoms with van der Waals surface area (Å²) in [6.07, 6.45) is 3.42. The number of methoxy groups -OCH3 is 1. The van der Waals surface area contributed by atoms with Gasteiger partial charge in [-0.05, 0) is 67.8 Å². The zero-order chi connectivity index (χ0) is 22.1. The van der Waals surface area contributed by atoms with Crippen molar-refractivity contribution in [3.63, 3.8) is 0 Å². The lowest BCUT2D eigenvalue weighted by molar-refractivity contribution is -0.00222. The molecule has 5 heterocycles. The fourth-order valence-corrected chi connectivity index (χ4v) is 5.02. The number of hydrogen-bond donors (Lipinski definition) is 1. The van der Waals surface area contributed by atoms with Crippen molar-refractivity contribution in [1.82, 2.24) is 14.7 Å². The van der Waals surface area contributed by atoms with Crippen molar-refractivity contribution < 1.29 is 18.7 Å². The first kappa shape index (κ1) is 20.6. The Balaban J connectivity index is 1.18. The first-order valence-corrected chi connectivity index (χ1v) is 11.0. The molecule has 0 radical (unpaired) electrons. The second-order valence-corrected chi connectivity index (χ2v) is 8.55. The predicted octanol–water partition coefficient (Wildman–Crippen LogP) is 4.12. The van der Waals surface area contributed by atoms with Crippen LogP contribution in [-0.4, -0.2) is 53.6 Å². The summed E-state index contributed by atoms with van der Waals surface area (Å²) in [7, 11) is 3.62. The molecule has 168 valence electrons. The molecule has 1 amide bonds. The van der Waals surface area contributed by atoms with Gasteiger partial charge in [0.2, 0.25) is 0 Å². The lowest BCUT2D eigenvalue weighted by atomic mass is 9.74. The second kappa shape index (κ2) is 8.70. The minimum atomic E-state index is -0.427. The molecular formula is C24H28N4O4. The first-order valence-electron chi connectivity index (χ1n) is 11.0. The van der Waals surface area contributed by atoms with Crippen LogP contribution in [0.4, 0.5) is 10.5 Å². The van der Waals surface area contributed by atoms with E-state index in [2.05, 4.69) is 21.4 Å². The van der Waals surface area contributed by atoms with Crippen LogP contribution in [-0.2, 0) is 11.8 Å².